The summed E-state index contributed by atoms with van der Waals surface area (Å²) in [5, 5.41) is 0. The number of amides is 2. The van der Waals surface area contributed by atoms with Crippen molar-refractivity contribution in [1.29, 1.82) is 0 Å². The summed E-state index contributed by atoms with van der Waals surface area (Å²) in [7, 11) is 0. The first-order valence-corrected chi connectivity index (χ1v) is 8.40. The van der Waals surface area contributed by atoms with E-state index in [0.29, 0.717) is 12.1 Å². The molecule has 0 radical (unpaired) electrons. The molecule has 3 rings (SSSR count). The summed E-state index contributed by atoms with van der Waals surface area (Å²) in [6.07, 6.45) is 6.48. The second-order valence-electron chi connectivity index (χ2n) is 5.91. The molecule has 2 aliphatic rings. The fraction of sp³-hybridized carbons (Fsp3) is 0.600. The molecule has 1 saturated carbocycles. The van der Waals surface area contributed by atoms with Crippen molar-refractivity contribution >= 4 is 34.4 Å². The predicted octanol–water partition coefficient (Wildman–Crippen LogP) is 3.65. The lowest BCUT2D eigenvalue weighted by Crippen LogP contribution is -2.42. The van der Waals surface area contributed by atoms with Crippen molar-refractivity contribution in [3.05, 3.63) is 21.9 Å². The lowest BCUT2D eigenvalue weighted by Gasteiger charge is -2.33. The quantitative estimate of drug-likeness (QED) is 0.729. The van der Waals surface area contributed by atoms with Gasteiger partial charge in [0.1, 0.15) is 5.82 Å². The molecule has 5 heteroatoms. The van der Waals surface area contributed by atoms with Crippen LogP contribution in [0.3, 0.4) is 0 Å². The summed E-state index contributed by atoms with van der Waals surface area (Å²) in [6, 6.07) is 5.03. The molecule has 2 unspecified atom stereocenters. The standard InChI is InChI=1S/C15H20IN3O/c1-10(2)18-12-5-3-4-6-13(12)19(15(18)20)14-8-7-11(16)9-17-14/h7-10,12-13H,3-6H2,1-2H3. The number of pyridine rings is 1. The van der Waals surface area contributed by atoms with E-state index >= 15 is 0 Å². The van der Waals surface area contributed by atoms with Gasteiger partial charge in [0, 0.05) is 15.8 Å². The van der Waals surface area contributed by atoms with Crippen LogP contribution in [-0.4, -0.2) is 34.0 Å². The van der Waals surface area contributed by atoms with Crippen LogP contribution in [0.15, 0.2) is 18.3 Å². The number of anilines is 1. The molecule has 0 bridgehead atoms. The average Bonchev–Trinajstić information content (AvgIpc) is 2.72. The highest BCUT2D eigenvalue weighted by atomic mass is 127. The van der Waals surface area contributed by atoms with Gasteiger partial charge in [-0.1, -0.05) is 12.8 Å². The first-order chi connectivity index (χ1) is 9.59. The van der Waals surface area contributed by atoms with Gasteiger partial charge in [0.2, 0.25) is 0 Å². The lowest BCUT2D eigenvalue weighted by molar-refractivity contribution is 0.169. The predicted molar refractivity (Wildman–Crippen MR) is 87.8 cm³/mol. The summed E-state index contributed by atoms with van der Waals surface area (Å²) in [4.78, 5) is 21.3. The van der Waals surface area contributed by atoms with Crippen LogP contribution in [-0.2, 0) is 0 Å². The minimum absolute atomic E-state index is 0.130. The van der Waals surface area contributed by atoms with Crippen molar-refractivity contribution in [3.8, 4) is 0 Å². The molecule has 108 valence electrons. The summed E-state index contributed by atoms with van der Waals surface area (Å²) >= 11 is 2.24. The Bertz CT molecular complexity index is 502. The molecule has 0 spiro atoms. The summed E-state index contributed by atoms with van der Waals surface area (Å²) in [6.45, 7) is 4.21. The van der Waals surface area contributed by atoms with Gasteiger partial charge in [-0.3, -0.25) is 4.90 Å². The van der Waals surface area contributed by atoms with E-state index in [1.807, 2.05) is 23.2 Å². The Labute approximate surface area is 133 Å². The minimum Gasteiger partial charge on any atom is -0.317 e. The van der Waals surface area contributed by atoms with Crippen molar-refractivity contribution in [2.45, 2.75) is 57.7 Å². The molecule has 4 nitrogen and oxygen atoms in total. The Morgan fingerprint density at radius 2 is 1.95 bits per heavy atom. The van der Waals surface area contributed by atoms with Gasteiger partial charge in [0.25, 0.3) is 0 Å². The van der Waals surface area contributed by atoms with Crippen LogP contribution in [0, 0.1) is 3.57 Å². The van der Waals surface area contributed by atoms with E-state index in [-0.39, 0.29) is 12.1 Å². The maximum absolute atomic E-state index is 12.8. The molecule has 1 aliphatic carbocycles. The van der Waals surface area contributed by atoms with Crippen LogP contribution >= 0.6 is 22.6 Å². The molecule has 0 N–H and O–H groups in total. The Morgan fingerprint density at radius 1 is 1.25 bits per heavy atom. The number of carbonyl (C=O) groups is 1. The number of hydrogen-bond acceptors (Lipinski definition) is 2. The first kappa shape index (κ1) is 14.1. The van der Waals surface area contributed by atoms with Gasteiger partial charge >= 0.3 is 6.03 Å². The number of aromatic nitrogens is 1. The molecule has 2 atom stereocenters. The highest BCUT2D eigenvalue weighted by Gasteiger charge is 2.48. The van der Waals surface area contributed by atoms with Crippen molar-refractivity contribution in [3.63, 3.8) is 0 Å². The molecule has 1 aromatic rings. The Kier molecular flexibility index (Phi) is 3.88. The second kappa shape index (κ2) is 5.50. The number of halogens is 1. The molecule has 2 heterocycles. The van der Waals surface area contributed by atoms with Crippen LogP contribution in [0.25, 0.3) is 0 Å². The van der Waals surface area contributed by atoms with Gasteiger partial charge in [-0.15, -0.1) is 0 Å². The van der Waals surface area contributed by atoms with E-state index in [1.165, 1.54) is 12.8 Å². The van der Waals surface area contributed by atoms with Crippen LogP contribution in [0.4, 0.5) is 10.6 Å². The van der Waals surface area contributed by atoms with Gasteiger partial charge < -0.3 is 4.90 Å². The fourth-order valence-electron chi connectivity index (χ4n) is 3.51. The van der Waals surface area contributed by atoms with Crippen LogP contribution in [0.5, 0.6) is 0 Å². The number of rotatable bonds is 2. The van der Waals surface area contributed by atoms with Gasteiger partial charge in [-0.05, 0) is 61.4 Å². The van der Waals surface area contributed by atoms with Crippen LogP contribution < -0.4 is 4.90 Å². The molecule has 1 aromatic heterocycles. The molecule has 1 aliphatic heterocycles. The Morgan fingerprint density at radius 3 is 2.55 bits per heavy atom. The SMILES string of the molecule is CC(C)N1C(=O)N(c2ccc(I)cn2)C2CCCCC21. The number of carbonyl (C=O) groups excluding carboxylic acids is 1. The van der Waals surface area contributed by atoms with Crippen molar-refractivity contribution < 1.29 is 4.79 Å². The Balaban J connectivity index is 1.97. The zero-order valence-electron chi connectivity index (χ0n) is 11.9. The molecule has 1 saturated heterocycles. The third-order valence-corrected chi connectivity index (χ3v) is 4.96. The lowest BCUT2D eigenvalue weighted by atomic mass is 9.90. The summed E-state index contributed by atoms with van der Waals surface area (Å²) < 4.78 is 1.10. The highest BCUT2D eigenvalue weighted by Crippen LogP contribution is 2.37. The molecule has 20 heavy (non-hydrogen) atoms. The van der Waals surface area contributed by atoms with E-state index in [4.69, 9.17) is 0 Å². The number of urea groups is 1. The molecule has 0 aromatic carbocycles. The van der Waals surface area contributed by atoms with Gasteiger partial charge in [-0.2, -0.15) is 0 Å². The number of fused-ring (bicyclic) bond motifs is 1. The monoisotopic (exact) mass is 385 g/mol. The third-order valence-electron chi connectivity index (χ3n) is 4.32. The van der Waals surface area contributed by atoms with Crippen LogP contribution in [0.1, 0.15) is 39.5 Å². The summed E-state index contributed by atoms with van der Waals surface area (Å²) in [5.74, 6) is 0.801. The maximum Gasteiger partial charge on any atom is 0.326 e. The normalized spacial score (nSPS) is 26.3. The van der Waals surface area contributed by atoms with Crippen LogP contribution in [0.2, 0.25) is 0 Å². The third kappa shape index (κ3) is 2.29. The molecular formula is C15H20IN3O. The van der Waals surface area contributed by atoms with Crippen molar-refractivity contribution in [1.82, 2.24) is 9.88 Å². The van der Waals surface area contributed by atoms with Crippen molar-refractivity contribution in [2.75, 3.05) is 4.90 Å². The number of hydrogen-bond donors (Lipinski definition) is 0. The molecular weight excluding hydrogens is 365 g/mol. The van der Waals surface area contributed by atoms with E-state index in [0.717, 1.165) is 22.2 Å². The molecule has 2 amide bonds. The average molecular weight is 385 g/mol. The zero-order chi connectivity index (χ0) is 14.3. The van der Waals surface area contributed by atoms with E-state index in [1.54, 1.807) is 0 Å². The summed E-state index contributed by atoms with van der Waals surface area (Å²) in [5.41, 5.74) is 0. The maximum atomic E-state index is 12.8. The Hall–Kier alpha value is -0.850. The molecule has 2 fully saturated rings. The fourth-order valence-corrected chi connectivity index (χ4v) is 3.83. The van der Waals surface area contributed by atoms with Gasteiger partial charge in [0.15, 0.2) is 0 Å². The van der Waals surface area contributed by atoms with E-state index in [9.17, 15) is 4.79 Å². The highest BCUT2D eigenvalue weighted by molar-refractivity contribution is 14.1. The van der Waals surface area contributed by atoms with Gasteiger partial charge in [0.05, 0.1) is 12.1 Å². The number of nitrogens with zero attached hydrogens (tertiary/aromatic N) is 3. The first-order valence-electron chi connectivity index (χ1n) is 7.32. The smallest absolute Gasteiger partial charge is 0.317 e. The zero-order valence-corrected chi connectivity index (χ0v) is 14.1. The van der Waals surface area contributed by atoms with E-state index < -0.39 is 0 Å². The largest absolute Gasteiger partial charge is 0.326 e. The minimum atomic E-state index is 0.130. The second-order valence-corrected chi connectivity index (χ2v) is 7.15. The van der Waals surface area contributed by atoms with Gasteiger partial charge in [-0.25, -0.2) is 9.78 Å². The van der Waals surface area contributed by atoms with E-state index in [2.05, 4.69) is 46.3 Å². The van der Waals surface area contributed by atoms with Crippen molar-refractivity contribution in [2.24, 2.45) is 0 Å². The topological polar surface area (TPSA) is 36.4 Å².